The Labute approximate surface area is 169 Å². The summed E-state index contributed by atoms with van der Waals surface area (Å²) in [6.45, 7) is 3.53. The summed E-state index contributed by atoms with van der Waals surface area (Å²) >= 11 is 2.13. The van der Waals surface area contributed by atoms with E-state index in [2.05, 4.69) is 44.2 Å². The van der Waals surface area contributed by atoms with Gasteiger partial charge >= 0.3 is 0 Å². The fourth-order valence-electron chi connectivity index (χ4n) is 2.56. The number of aliphatic hydroxyl groups excluding tert-OH is 1. The lowest BCUT2D eigenvalue weighted by atomic mass is 10.1. The zero-order chi connectivity index (χ0) is 19.6. The summed E-state index contributed by atoms with van der Waals surface area (Å²) in [6.07, 6.45) is -0.800. The molecule has 0 fully saturated rings. The van der Waals surface area contributed by atoms with Gasteiger partial charge in [-0.25, -0.2) is 0 Å². The summed E-state index contributed by atoms with van der Waals surface area (Å²) < 4.78 is 6.59. The number of aromatic nitrogens is 2. The number of nitriles is 1. The molecule has 0 aliphatic rings. The third-order valence-electron chi connectivity index (χ3n) is 4.12. The number of phenols is 1. The van der Waals surface area contributed by atoms with Gasteiger partial charge in [0.25, 0.3) is 0 Å². The highest BCUT2D eigenvalue weighted by molar-refractivity contribution is 14.1. The van der Waals surface area contributed by atoms with Crippen molar-refractivity contribution in [2.75, 3.05) is 5.32 Å². The molecule has 0 saturated carbocycles. The Bertz CT molecular complexity index is 993. The number of anilines is 1. The molecular formula is C19H17IN4O3. The minimum absolute atomic E-state index is 0.146. The minimum Gasteiger partial charge on any atom is -0.508 e. The molecule has 1 heterocycles. The molecule has 0 aliphatic heterocycles. The molecule has 0 saturated heterocycles. The smallest absolute Gasteiger partial charge is 0.247 e. The van der Waals surface area contributed by atoms with Crippen molar-refractivity contribution in [1.82, 2.24) is 10.2 Å². The van der Waals surface area contributed by atoms with E-state index in [0.717, 1.165) is 14.8 Å². The lowest BCUT2D eigenvalue weighted by Crippen LogP contribution is -2.23. The first kappa shape index (κ1) is 19.1. The van der Waals surface area contributed by atoms with Crippen LogP contribution in [-0.4, -0.2) is 26.5 Å². The van der Waals surface area contributed by atoms with Gasteiger partial charge in [0, 0.05) is 14.8 Å². The molecule has 2 aromatic carbocycles. The Morgan fingerprint density at radius 3 is 2.52 bits per heavy atom. The van der Waals surface area contributed by atoms with E-state index < -0.39 is 12.1 Å². The number of aliphatic hydroxyl groups is 1. The van der Waals surface area contributed by atoms with Gasteiger partial charge in [0.05, 0.1) is 11.7 Å². The number of hydrogen-bond donors (Lipinski definition) is 3. The van der Waals surface area contributed by atoms with Gasteiger partial charge < -0.3 is 19.9 Å². The van der Waals surface area contributed by atoms with Crippen LogP contribution in [0.1, 0.15) is 30.0 Å². The average molecular weight is 476 g/mol. The molecule has 1 aromatic heterocycles. The highest BCUT2D eigenvalue weighted by Gasteiger charge is 2.25. The van der Waals surface area contributed by atoms with Gasteiger partial charge in [0.1, 0.15) is 17.9 Å². The molecule has 8 heteroatoms. The van der Waals surface area contributed by atoms with Gasteiger partial charge in [-0.05, 0) is 78.4 Å². The van der Waals surface area contributed by atoms with E-state index in [4.69, 9.17) is 9.68 Å². The summed E-state index contributed by atoms with van der Waals surface area (Å²) in [4.78, 5) is 0. The molecule has 0 spiro atoms. The fraction of sp³-hybridized carbons (Fsp3) is 0.211. The Morgan fingerprint density at radius 1 is 1.19 bits per heavy atom. The first-order valence-corrected chi connectivity index (χ1v) is 9.25. The summed E-state index contributed by atoms with van der Waals surface area (Å²) in [5.41, 5.74) is 2.94. The maximum atomic E-state index is 10.2. The van der Waals surface area contributed by atoms with E-state index in [1.807, 2.05) is 6.92 Å². The lowest BCUT2D eigenvalue weighted by Gasteiger charge is -2.21. The van der Waals surface area contributed by atoms with Crippen molar-refractivity contribution in [2.45, 2.75) is 26.0 Å². The van der Waals surface area contributed by atoms with Gasteiger partial charge in [0.15, 0.2) is 0 Å². The second-order valence-corrected chi connectivity index (χ2v) is 7.15. The summed E-state index contributed by atoms with van der Waals surface area (Å²) in [5, 5.41) is 40.1. The summed E-state index contributed by atoms with van der Waals surface area (Å²) in [7, 11) is 0. The van der Waals surface area contributed by atoms with Crippen LogP contribution in [0.15, 0.2) is 40.8 Å². The first-order chi connectivity index (χ1) is 12.9. The van der Waals surface area contributed by atoms with E-state index in [9.17, 15) is 10.2 Å². The molecule has 138 valence electrons. The quantitative estimate of drug-likeness (QED) is 0.481. The first-order valence-electron chi connectivity index (χ1n) is 8.17. The number of aromatic hydroxyl groups is 1. The Balaban J connectivity index is 1.90. The van der Waals surface area contributed by atoms with Gasteiger partial charge in [-0.15, -0.1) is 10.2 Å². The molecule has 3 aromatic rings. The summed E-state index contributed by atoms with van der Waals surface area (Å²) in [6, 6.07) is 11.5. The van der Waals surface area contributed by atoms with E-state index in [-0.39, 0.29) is 11.6 Å². The fourth-order valence-corrected chi connectivity index (χ4v) is 3.16. The molecule has 0 aliphatic carbocycles. The van der Waals surface area contributed by atoms with E-state index >= 15 is 0 Å². The van der Waals surface area contributed by atoms with Crippen LogP contribution < -0.4 is 5.32 Å². The van der Waals surface area contributed by atoms with Crippen molar-refractivity contribution in [1.29, 1.82) is 5.26 Å². The van der Waals surface area contributed by atoms with Crippen molar-refractivity contribution >= 4 is 28.3 Å². The number of hydrogen-bond acceptors (Lipinski definition) is 7. The van der Waals surface area contributed by atoms with E-state index in [1.54, 1.807) is 31.2 Å². The third kappa shape index (κ3) is 4.04. The highest BCUT2D eigenvalue weighted by Crippen LogP contribution is 2.30. The predicted molar refractivity (Wildman–Crippen MR) is 108 cm³/mol. The minimum atomic E-state index is -0.800. The number of nitrogens with one attached hydrogen (secondary N) is 1. The van der Waals surface area contributed by atoms with Gasteiger partial charge in [0.2, 0.25) is 11.8 Å². The molecule has 3 rings (SSSR count). The number of nitrogens with zero attached hydrogens (tertiary/aromatic N) is 3. The van der Waals surface area contributed by atoms with Crippen LogP contribution in [-0.2, 0) is 0 Å². The Morgan fingerprint density at radius 2 is 1.89 bits per heavy atom. The number of phenolic OH excluding ortho intramolecular Hbond substituents is 1. The Hall–Kier alpha value is -2.64. The maximum Gasteiger partial charge on any atom is 0.247 e. The van der Waals surface area contributed by atoms with Crippen molar-refractivity contribution in [2.24, 2.45) is 0 Å². The Kier molecular flexibility index (Phi) is 5.62. The monoisotopic (exact) mass is 476 g/mol. The molecule has 0 bridgehead atoms. The maximum absolute atomic E-state index is 10.2. The number of halogens is 1. The second kappa shape index (κ2) is 7.94. The molecule has 0 unspecified atom stereocenters. The van der Waals surface area contributed by atoms with Crippen LogP contribution in [0.2, 0.25) is 0 Å². The molecule has 27 heavy (non-hydrogen) atoms. The lowest BCUT2D eigenvalue weighted by molar-refractivity contribution is 0.159. The van der Waals surface area contributed by atoms with Crippen molar-refractivity contribution in [3.63, 3.8) is 0 Å². The second-order valence-electron chi connectivity index (χ2n) is 6.07. The molecule has 2 atom stereocenters. The van der Waals surface area contributed by atoms with Crippen molar-refractivity contribution < 1.29 is 14.6 Å². The average Bonchev–Trinajstić information content (AvgIpc) is 3.13. The standard InChI is InChI=1S/C19H17IN4O3/c1-10-15(8-5-13(9-21)16(10)20)22-17(11(2)25)19-24-23-18(27-19)12-3-6-14(26)7-4-12/h3-8,11,17,22,25-26H,1-2H3/t11-,17-/m1/s1. The highest BCUT2D eigenvalue weighted by atomic mass is 127. The zero-order valence-electron chi connectivity index (χ0n) is 14.6. The molecular weight excluding hydrogens is 459 g/mol. The molecule has 0 radical (unpaired) electrons. The largest absolute Gasteiger partial charge is 0.508 e. The SMILES string of the molecule is Cc1c(N[C@@H](c2nnc(-c3ccc(O)cc3)o2)[C@@H](C)O)ccc(C#N)c1I. The third-order valence-corrected chi connectivity index (χ3v) is 5.51. The zero-order valence-corrected chi connectivity index (χ0v) is 16.8. The van der Waals surface area contributed by atoms with Crippen LogP contribution in [0.3, 0.4) is 0 Å². The molecule has 0 amide bonds. The van der Waals surface area contributed by atoms with E-state index in [0.29, 0.717) is 17.0 Å². The molecule has 3 N–H and O–H groups in total. The number of benzene rings is 2. The van der Waals surface area contributed by atoms with Gasteiger partial charge in [-0.2, -0.15) is 5.26 Å². The topological polar surface area (TPSA) is 115 Å². The molecule has 7 nitrogen and oxygen atoms in total. The summed E-state index contributed by atoms with van der Waals surface area (Å²) in [5.74, 6) is 0.684. The van der Waals surface area contributed by atoms with Crippen LogP contribution >= 0.6 is 22.6 Å². The van der Waals surface area contributed by atoms with Crippen LogP contribution in [0, 0.1) is 21.8 Å². The number of rotatable bonds is 5. The predicted octanol–water partition coefficient (Wildman–Crippen LogP) is 3.76. The van der Waals surface area contributed by atoms with Crippen molar-refractivity contribution in [3.05, 3.63) is 57.0 Å². The van der Waals surface area contributed by atoms with Gasteiger partial charge in [-0.3, -0.25) is 0 Å². The normalized spacial score (nSPS) is 13.0. The van der Waals surface area contributed by atoms with Gasteiger partial charge in [-0.1, -0.05) is 0 Å². The van der Waals surface area contributed by atoms with Crippen LogP contribution in [0.25, 0.3) is 11.5 Å². The van der Waals surface area contributed by atoms with E-state index in [1.165, 1.54) is 12.1 Å². The van der Waals surface area contributed by atoms with Crippen LogP contribution in [0.4, 0.5) is 5.69 Å². The van der Waals surface area contributed by atoms with Crippen LogP contribution in [0.5, 0.6) is 5.75 Å². The van der Waals surface area contributed by atoms with Crippen molar-refractivity contribution in [3.8, 4) is 23.3 Å².